The number of carboxylic acids is 1. The summed E-state index contributed by atoms with van der Waals surface area (Å²) < 4.78 is 4.72. The van der Waals surface area contributed by atoms with Crippen LogP contribution in [0.2, 0.25) is 0 Å². The van der Waals surface area contributed by atoms with Gasteiger partial charge in [0.25, 0.3) is 0 Å². The molecule has 0 aromatic carbocycles. The molecule has 0 amide bonds. The van der Waals surface area contributed by atoms with Gasteiger partial charge in [0.05, 0.1) is 19.1 Å². The van der Waals surface area contributed by atoms with Crippen molar-refractivity contribution in [1.29, 1.82) is 0 Å². The Labute approximate surface area is 89.0 Å². The van der Waals surface area contributed by atoms with E-state index in [-0.39, 0.29) is 12.4 Å². The monoisotopic (exact) mass is 218 g/mol. The lowest BCUT2D eigenvalue weighted by Crippen LogP contribution is -2.12. The van der Waals surface area contributed by atoms with Crippen molar-refractivity contribution >= 4 is 11.9 Å². The van der Waals surface area contributed by atoms with Gasteiger partial charge < -0.3 is 14.9 Å². The number of aliphatic hydroxyl groups is 1. The van der Waals surface area contributed by atoms with Gasteiger partial charge in [-0.05, 0) is 19.8 Å². The molecule has 0 saturated carbocycles. The number of ether oxygens (including phenoxy) is 1. The van der Waals surface area contributed by atoms with Crippen LogP contribution in [0.5, 0.6) is 0 Å². The number of esters is 1. The fraction of sp³-hybridized carbons (Fsp3) is 0.800. The molecule has 0 fully saturated rings. The molecule has 0 radical (unpaired) electrons. The molecule has 88 valence electrons. The van der Waals surface area contributed by atoms with E-state index >= 15 is 0 Å². The zero-order valence-corrected chi connectivity index (χ0v) is 8.94. The zero-order chi connectivity index (χ0) is 11.7. The number of rotatable bonds is 8. The summed E-state index contributed by atoms with van der Waals surface area (Å²) in [6, 6.07) is 0. The van der Waals surface area contributed by atoms with Crippen LogP contribution in [0.3, 0.4) is 0 Å². The zero-order valence-electron chi connectivity index (χ0n) is 8.94. The van der Waals surface area contributed by atoms with Gasteiger partial charge in [0.15, 0.2) is 0 Å². The molecule has 0 aliphatic rings. The van der Waals surface area contributed by atoms with Gasteiger partial charge in [-0.2, -0.15) is 0 Å². The SMILES string of the molecule is CCOC(=O)CCCCC(O)CC(=O)O. The van der Waals surface area contributed by atoms with Gasteiger partial charge >= 0.3 is 11.9 Å². The van der Waals surface area contributed by atoms with Crippen LogP contribution in [0, 0.1) is 0 Å². The first-order chi connectivity index (χ1) is 7.06. The minimum Gasteiger partial charge on any atom is -0.481 e. The van der Waals surface area contributed by atoms with Crippen molar-refractivity contribution in [3.05, 3.63) is 0 Å². The largest absolute Gasteiger partial charge is 0.481 e. The Morgan fingerprint density at radius 2 is 2.00 bits per heavy atom. The second-order valence-corrected chi connectivity index (χ2v) is 3.30. The van der Waals surface area contributed by atoms with E-state index in [1.807, 2.05) is 0 Å². The van der Waals surface area contributed by atoms with Gasteiger partial charge in [-0.3, -0.25) is 9.59 Å². The molecule has 0 aliphatic heterocycles. The van der Waals surface area contributed by atoms with Crippen LogP contribution >= 0.6 is 0 Å². The number of carbonyl (C=O) groups excluding carboxylic acids is 1. The fourth-order valence-electron chi connectivity index (χ4n) is 1.19. The summed E-state index contributed by atoms with van der Waals surface area (Å²) in [6.07, 6.45) is 0.936. The summed E-state index contributed by atoms with van der Waals surface area (Å²) >= 11 is 0. The van der Waals surface area contributed by atoms with Crippen molar-refractivity contribution < 1.29 is 24.5 Å². The second kappa shape index (κ2) is 8.23. The van der Waals surface area contributed by atoms with Crippen LogP contribution in [-0.2, 0) is 14.3 Å². The molecule has 0 rings (SSSR count). The third-order valence-corrected chi connectivity index (χ3v) is 1.88. The van der Waals surface area contributed by atoms with Crippen LogP contribution in [0.25, 0.3) is 0 Å². The van der Waals surface area contributed by atoms with Crippen molar-refractivity contribution in [3.63, 3.8) is 0 Å². The molecular weight excluding hydrogens is 200 g/mol. The van der Waals surface area contributed by atoms with E-state index in [4.69, 9.17) is 9.84 Å². The van der Waals surface area contributed by atoms with Crippen LogP contribution in [0.15, 0.2) is 0 Å². The lowest BCUT2D eigenvalue weighted by atomic mass is 10.1. The summed E-state index contributed by atoms with van der Waals surface area (Å²) in [6.45, 7) is 2.12. The molecule has 15 heavy (non-hydrogen) atoms. The van der Waals surface area contributed by atoms with Crippen molar-refractivity contribution in [1.82, 2.24) is 0 Å². The predicted molar refractivity (Wildman–Crippen MR) is 53.4 cm³/mol. The number of unbranched alkanes of at least 4 members (excludes halogenated alkanes) is 1. The Bertz CT molecular complexity index is 202. The molecule has 1 unspecified atom stereocenters. The summed E-state index contributed by atoms with van der Waals surface area (Å²) in [5.41, 5.74) is 0. The molecule has 0 aliphatic carbocycles. The molecular formula is C10H18O5. The first-order valence-electron chi connectivity index (χ1n) is 5.11. The third kappa shape index (κ3) is 9.21. The number of hydrogen-bond acceptors (Lipinski definition) is 4. The molecule has 0 bridgehead atoms. The second-order valence-electron chi connectivity index (χ2n) is 3.30. The molecule has 0 heterocycles. The predicted octanol–water partition coefficient (Wildman–Crippen LogP) is 0.946. The molecule has 0 aromatic heterocycles. The van der Waals surface area contributed by atoms with E-state index in [9.17, 15) is 14.7 Å². The van der Waals surface area contributed by atoms with E-state index in [1.54, 1.807) is 6.92 Å². The van der Waals surface area contributed by atoms with E-state index in [0.29, 0.717) is 32.3 Å². The van der Waals surface area contributed by atoms with Crippen molar-refractivity contribution in [2.75, 3.05) is 6.61 Å². The lowest BCUT2D eigenvalue weighted by Gasteiger charge is -2.06. The topological polar surface area (TPSA) is 83.8 Å². The highest BCUT2D eigenvalue weighted by Gasteiger charge is 2.09. The standard InChI is InChI=1S/C10H18O5/c1-2-15-10(14)6-4-3-5-8(11)7-9(12)13/h8,11H,2-7H2,1H3,(H,12,13). The maximum absolute atomic E-state index is 10.9. The summed E-state index contributed by atoms with van der Waals surface area (Å²) in [7, 11) is 0. The minimum absolute atomic E-state index is 0.237. The average molecular weight is 218 g/mol. The van der Waals surface area contributed by atoms with Gasteiger partial charge in [0.1, 0.15) is 0 Å². The van der Waals surface area contributed by atoms with E-state index in [2.05, 4.69) is 0 Å². The number of aliphatic carboxylic acids is 1. The Balaban J connectivity index is 3.37. The van der Waals surface area contributed by atoms with Crippen molar-refractivity contribution in [2.24, 2.45) is 0 Å². The van der Waals surface area contributed by atoms with Gasteiger partial charge in [0, 0.05) is 6.42 Å². The van der Waals surface area contributed by atoms with Gasteiger partial charge in [-0.15, -0.1) is 0 Å². The first kappa shape index (κ1) is 13.9. The number of aliphatic hydroxyl groups excluding tert-OH is 1. The van der Waals surface area contributed by atoms with Crippen molar-refractivity contribution in [3.8, 4) is 0 Å². The Morgan fingerprint density at radius 3 is 2.53 bits per heavy atom. The smallest absolute Gasteiger partial charge is 0.305 e. The minimum atomic E-state index is -1.01. The normalized spacial score (nSPS) is 12.1. The number of carboxylic acid groups (broad SMARTS) is 1. The molecule has 0 aromatic rings. The third-order valence-electron chi connectivity index (χ3n) is 1.88. The summed E-state index contributed by atoms with van der Waals surface area (Å²) in [5.74, 6) is -1.25. The highest BCUT2D eigenvalue weighted by molar-refractivity contribution is 5.69. The van der Waals surface area contributed by atoms with Gasteiger partial charge in [-0.1, -0.05) is 6.42 Å². The quantitative estimate of drug-likeness (QED) is 0.468. The first-order valence-corrected chi connectivity index (χ1v) is 5.11. The molecule has 0 spiro atoms. The van der Waals surface area contributed by atoms with Crippen LogP contribution < -0.4 is 0 Å². The van der Waals surface area contributed by atoms with E-state index < -0.39 is 12.1 Å². The number of carbonyl (C=O) groups is 2. The van der Waals surface area contributed by atoms with E-state index in [1.165, 1.54) is 0 Å². The van der Waals surface area contributed by atoms with Crippen LogP contribution in [0.1, 0.15) is 39.0 Å². The Morgan fingerprint density at radius 1 is 1.33 bits per heavy atom. The Kier molecular flexibility index (Phi) is 7.62. The maximum Gasteiger partial charge on any atom is 0.305 e. The van der Waals surface area contributed by atoms with E-state index in [0.717, 1.165) is 0 Å². The molecule has 1 atom stereocenters. The fourth-order valence-corrected chi connectivity index (χ4v) is 1.19. The highest BCUT2D eigenvalue weighted by Crippen LogP contribution is 2.07. The van der Waals surface area contributed by atoms with Crippen molar-refractivity contribution in [2.45, 2.75) is 45.1 Å². The summed E-state index contributed by atoms with van der Waals surface area (Å²) in [4.78, 5) is 21.1. The molecule has 2 N–H and O–H groups in total. The maximum atomic E-state index is 10.9. The summed E-state index contributed by atoms with van der Waals surface area (Å²) in [5, 5.41) is 17.6. The molecule has 0 saturated heterocycles. The average Bonchev–Trinajstić information content (AvgIpc) is 2.12. The van der Waals surface area contributed by atoms with Gasteiger partial charge in [0.2, 0.25) is 0 Å². The molecule has 5 heteroatoms. The number of hydrogen-bond donors (Lipinski definition) is 2. The molecule has 5 nitrogen and oxygen atoms in total. The lowest BCUT2D eigenvalue weighted by molar-refractivity contribution is -0.143. The van der Waals surface area contributed by atoms with Gasteiger partial charge in [-0.25, -0.2) is 0 Å². The van der Waals surface area contributed by atoms with Crippen LogP contribution in [0.4, 0.5) is 0 Å². The van der Waals surface area contributed by atoms with Crippen LogP contribution in [-0.4, -0.2) is 34.9 Å². The highest BCUT2D eigenvalue weighted by atomic mass is 16.5. The Hall–Kier alpha value is -1.10.